The zero-order chi connectivity index (χ0) is 13.9. The molecule has 1 heterocycles. The van der Waals surface area contributed by atoms with Gasteiger partial charge in [-0.1, -0.05) is 6.92 Å². The van der Waals surface area contributed by atoms with Crippen LogP contribution < -0.4 is 10.1 Å². The molecule has 0 bridgehead atoms. The molecule has 1 aromatic carbocycles. The molecule has 5 nitrogen and oxygen atoms in total. The maximum absolute atomic E-state index is 12.3. The average Bonchev–Trinajstić information content (AvgIpc) is 2.34. The molecule has 114 valence electrons. The summed E-state index contributed by atoms with van der Waals surface area (Å²) >= 11 is 0. The van der Waals surface area contributed by atoms with E-state index < -0.39 is 10.0 Å². The fraction of sp³-hybridized carbons (Fsp3) is 0.538. The van der Waals surface area contributed by atoms with Gasteiger partial charge >= 0.3 is 0 Å². The van der Waals surface area contributed by atoms with E-state index >= 15 is 0 Å². The topological polar surface area (TPSA) is 58.6 Å². The number of hydrogen-bond acceptors (Lipinski definition) is 4. The Morgan fingerprint density at radius 2 is 1.90 bits per heavy atom. The number of rotatable bonds is 6. The van der Waals surface area contributed by atoms with Crippen LogP contribution in [0.15, 0.2) is 29.2 Å². The van der Waals surface area contributed by atoms with Gasteiger partial charge in [0, 0.05) is 26.2 Å². The van der Waals surface area contributed by atoms with Gasteiger partial charge in [-0.05, 0) is 30.7 Å². The molecule has 1 aliphatic rings. The summed E-state index contributed by atoms with van der Waals surface area (Å²) in [5.41, 5.74) is 0. The summed E-state index contributed by atoms with van der Waals surface area (Å²) < 4.78 is 31.6. The first-order valence-electron chi connectivity index (χ1n) is 6.47. The smallest absolute Gasteiger partial charge is 0.243 e. The molecule has 7 heteroatoms. The zero-order valence-corrected chi connectivity index (χ0v) is 13.3. The third kappa shape index (κ3) is 3.63. The summed E-state index contributed by atoms with van der Waals surface area (Å²) in [6.07, 6.45) is 0.928. The van der Waals surface area contributed by atoms with E-state index in [-0.39, 0.29) is 18.4 Å². The van der Waals surface area contributed by atoms with Crippen LogP contribution in [0, 0.1) is 0 Å². The van der Waals surface area contributed by atoms with Crippen LogP contribution in [0.5, 0.6) is 5.75 Å². The Balaban J connectivity index is 0.00000200. The van der Waals surface area contributed by atoms with Crippen molar-refractivity contribution in [1.29, 1.82) is 0 Å². The van der Waals surface area contributed by atoms with Gasteiger partial charge in [0.15, 0.2) is 0 Å². The monoisotopic (exact) mass is 320 g/mol. The Kier molecular flexibility index (Phi) is 6.26. The number of sulfonamides is 1. The summed E-state index contributed by atoms with van der Waals surface area (Å²) in [6.45, 7) is 4.10. The van der Waals surface area contributed by atoms with E-state index in [1.807, 2.05) is 6.92 Å². The van der Waals surface area contributed by atoms with E-state index in [2.05, 4.69) is 5.32 Å². The molecule has 0 atom stereocenters. The number of ether oxygens (including phenoxy) is 1. The second-order valence-electron chi connectivity index (χ2n) is 4.65. The highest BCUT2D eigenvalue weighted by atomic mass is 35.5. The normalized spacial score (nSPS) is 15.6. The van der Waals surface area contributed by atoms with Gasteiger partial charge in [-0.3, -0.25) is 0 Å². The first kappa shape index (κ1) is 17.2. The minimum atomic E-state index is -3.40. The second kappa shape index (κ2) is 7.26. The number of hydrogen-bond donors (Lipinski definition) is 1. The van der Waals surface area contributed by atoms with Crippen molar-refractivity contribution in [2.45, 2.75) is 24.3 Å². The minimum absolute atomic E-state index is 0. The Labute approximate surface area is 126 Å². The molecule has 1 saturated heterocycles. The lowest BCUT2D eigenvalue weighted by atomic mass is 10.2. The minimum Gasteiger partial charge on any atom is -0.494 e. The van der Waals surface area contributed by atoms with Crippen molar-refractivity contribution >= 4 is 22.4 Å². The molecule has 1 aromatic rings. The van der Waals surface area contributed by atoms with E-state index in [1.165, 1.54) is 4.31 Å². The molecule has 0 aromatic heterocycles. The maximum atomic E-state index is 12.3. The van der Waals surface area contributed by atoms with Crippen molar-refractivity contribution in [3.05, 3.63) is 24.3 Å². The van der Waals surface area contributed by atoms with Crippen molar-refractivity contribution in [1.82, 2.24) is 9.62 Å². The molecule has 0 saturated carbocycles. The van der Waals surface area contributed by atoms with Crippen LogP contribution in [0.3, 0.4) is 0 Å². The molecule has 20 heavy (non-hydrogen) atoms. The van der Waals surface area contributed by atoms with Gasteiger partial charge in [-0.2, -0.15) is 4.31 Å². The van der Waals surface area contributed by atoms with Gasteiger partial charge < -0.3 is 10.1 Å². The third-order valence-electron chi connectivity index (χ3n) is 3.25. The molecule has 0 amide bonds. The Morgan fingerprint density at radius 3 is 2.35 bits per heavy atom. The summed E-state index contributed by atoms with van der Waals surface area (Å²) in [5.74, 6) is 0.703. The predicted octanol–water partition coefficient (Wildman–Crippen LogP) is 1.49. The fourth-order valence-electron chi connectivity index (χ4n) is 1.82. The second-order valence-corrected chi connectivity index (χ2v) is 6.65. The van der Waals surface area contributed by atoms with E-state index in [0.29, 0.717) is 30.3 Å². The third-order valence-corrected chi connectivity index (χ3v) is 5.17. The molecular formula is C13H21ClN2O3S. The van der Waals surface area contributed by atoms with Crippen molar-refractivity contribution < 1.29 is 13.2 Å². The van der Waals surface area contributed by atoms with E-state index in [0.717, 1.165) is 6.42 Å². The number of halogens is 1. The maximum Gasteiger partial charge on any atom is 0.243 e. The van der Waals surface area contributed by atoms with Crippen LogP contribution >= 0.6 is 12.4 Å². The molecular weight excluding hydrogens is 300 g/mol. The highest BCUT2D eigenvalue weighted by Crippen LogP contribution is 2.21. The van der Waals surface area contributed by atoms with Crippen molar-refractivity contribution in [3.63, 3.8) is 0 Å². The first-order chi connectivity index (χ1) is 9.05. The van der Waals surface area contributed by atoms with E-state index in [4.69, 9.17) is 4.74 Å². The highest BCUT2D eigenvalue weighted by Gasteiger charge is 2.31. The molecule has 0 radical (unpaired) electrons. The Morgan fingerprint density at radius 1 is 1.30 bits per heavy atom. The molecule has 1 N–H and O–H groups in total. The molecule has 0 spiro atoms. The van der Waals surface area contributed by atoms with Gasteiger partial charge in [-0.15, -0.1) is 12.4 Å². The van der Waals surface area contributed by atoms with Gasteiger partial charge in [0.2, 0.25) is 10.0 Å². The van der Waals surface area contributed by atoms with Crippen molar-refractivity contribution in [2.24, 2.45) is 0 Å². The van der Waals surface area contributed by atoms with Gasteiger partial charge in [-0.25, -0.2) is 8.42 Å². The zero-order valence-electron chi connectivity index (χ0n) is 11.7. The molecule has 1 fully saturated rings. The summed E-state index contributed by atoms with van der Waals surface area (Å²) in [4.78, 5) is 0.311. The molecule has 0 aliphatic carbocycles. The summed E-state index contributed by atoms with van der Waals surface area (Å²) in [7, 11) is -1.77. The lowest BCUT2D eigenvalue weighted by Gasteiger charge is -2.34. The van der Waals surface area contributed by atoms with Crippen LogP contribution in [0.4, 0.5) is 0 Å². The van der Waals surface area contributed by atoms with E-state index in [9.17, 15) is 8.42 Å². The summed E-state index contributed by atoms with van der Waals surface area (Å²) in [5, 5.41) is 3.07. The van der Waals surface area contributed by atoms with Gasteiger partial charge in [0.25, 0.3) is 0 Å². The number of nitrogens with zero attached hydrogens (tertiary/aromatic N) is 1. The average molecular weight is 321 g/mol. The highest BCUT2D eigenvalue weighted by molar-refractivity contribution is 7.89. The first-order valence-corrected chi connectivity index (χ1v) is 7.91. The number of benzene rings is 1. The number of likely N-dealkylation sites (N-methyl/N-ethyl adjacent to an activating group) is 1. The Hall–Kier alpha value is -0.820. The standard InChI is InChI=1S/C13H20N2O3S.ClH/c1-3-8-18-12-4-6-13(7-5-12)19(16,17)15(2)11-9-14-10-11;/h4-7,11,14H,3,8-10H2,1-2H3;1H. The van der Waals surface area contributed by atoms with Crippen LogP contribution in [-0.4, -0.2) is 45.5 Å². The molecule has 2 rings (SSSR count). The summed E-state index contributed by atoms with van der Waals surface area (Å²) in [6, 6.07) is 6.66. The lowest BCUT2D eigenvalue weighted by Crippen LogP contribution is -2.57. The van der Waals surface area contributed by atoms with Crippen LogP contribution in [0.1, 0.15) is 13.3 Å². The van der Waals surface area contributed by atoms with Gasteiger partial charge in [0.1, 0.15) is 5.75 Å². The van der Waals surface area contributed by atoms with Crippen molar-refractivity contribution in [3.8, 4) is 5.75 Å². The van der Waals surface area contributed by atoms with E-state index in [1.54, 1.807) is 31.3 Å². The largest absolute Gasteiger partial charge is 0.494 e. The van der Waals surface area contributed by atoms with Crippen LogP contribution in [0.25, 0.3) is 0 Å². The lowest BCUT2D eigenvalue weighted by molar-refractivity contribution is 0.274. The number of nitrogens with one attached hydrogen (secondary N) is 1. The van der Waals surface area contributed by atoms with Gasteiger partial charge in [0.05, 0.1) is 11.5 Å². The Bertz CT molecular complexity index is 515. The SMILES string of the molecule is CCCOc1ccc(S(=O)(=O)N(C)C2CNC2)cc1.Cl. The molecule has 0 unspecified atom stereocenters. The van der Waals surface area contributed by atoms with Crippen LogP contribution in [-0.2, 0) is 10.0 Å². The molecule has 1 aliphatic heterocycles. The quantitative estimate of drug-likeness (QED) is 0.863. The van der Waals surface area contributed by atoms with Crippen LogP contribution in [0.2, 0.25) is 0 Å². The predicted molar refractivity (Wildman–Crippen MR) is 81.1 cm³/mol. The van der Waals surface area contributed by atoms with Crippen molar-refractivity contribution in [2.75, 3.05) is 26.7 Å². The fourth-order valence-corrected chi connectivity index (χ4v) is 3.17.